The molecular formula is C10H8BrN3. The van der Waals surface area contributed by atoms with Gasteiger partial charge >= 0.3 is 0 Å². The fourth-order valence-corrected chi connectivity index (χ4v) is 1.94. The van der Waals surface area contributed by atoms with E-state index in [1.165, 1.54) is 0 Å². The molecule has 0 saturated carbocycles. The third kappa shape index (κ3) is 1.40. The molecule has 1 aromatic carbocycles. The first-order valence-electron chi connectivity index (χ1n) is 4.23. The van der Waals surface area contributed by atoms with Crippen LogP contribution in [0.15, 0.2) is 18.5 Å². The van der Waals surface area contributed by atoms with E-state index in [4.69, 9.17) is 5.26 Å². The van der Waals surface area contributed by atoms with E-state index >= 15 is 0 Å². The Morgan fingerprint density at radius 1 is 1.43 bits per heavy atom. The van der Waals surface area contributed by atoms with Crippen LogP contribution in [0.4, 0.5) is 0 Å². The Balaban J connectivity index is 2.67. The number of rotatable bonds is 2. The second-order valence-corrected chi connectivity index (χ2v) is 3.54. The van der Waals surface area contributed by atoms with Gasteiger partial charge in [0.2, 0.25) is 0 Å². The highest BCUT2D eigenvalue weighted by Crippen LogP contribution is 2.21. The summed E-state index contributed by atoms with van der Waals surface area (Å²) < 4.78 is 0. The number of hydrogen-bond acceptors (Lipinski definition) is 2. The minimum Gasteiger partial charge on any atom is -0.344 e. The van der Waals surface area contributed by atoms with Crippen LogP contribution in [0.2, 0.25) is 0 Å². The predicted molar refractivity (Wildman–Crippen MR) is 58.0 cm³/mol. The molecule has 3 nitrogen and oxygen atoms in total. The van der Waals surface area contributed by atoms with Crippen molar-refractivity contribution < 1.29 is 0 Å². The molecule has 2 rings (SSSR count). The summed E-state index contributed by atoms with van der Waals surface area (Å²) in [6.45, 7) is 0. The van der Waals surface area contributed by atoms with Crippen LogP contribution in [-0.2, 0) is 11.8 Å². The van der Waals surface area contributed by atoms with E-state index < -0.39 is 0 Å². The molecule has 4 heteroatoms. The Labute approximate surface area is 89.9 Å². The Bertz CT molecular complexity index is 496. The minimum absolute atomic E-state index is 0.418. The number of H-pyrrole nitrogens is 1. The minimum atomic E-state index is 0.418. The molecule has 0 spiro atoms. The molecule has 0 bridgehead atoms. The van der Waals surface area contributed by atoms with Gasteiger partial charge in [0.05, 0.1) is 29.9 Å². The number of imidazole rings is 1. The van der Waals surface area contributed by atoms with Gasteiger partial charge in [0.25, 0.3) is 0 Å². The SMILES string of the molecule is N#CCc1ccc(CBr)c2nc[nH]c12. The lowest BCUT2D eigenvalue weighted by atomic mass is 10.1. The van der Waals surface area contributed by atoms with Gasteiger partial charge in [0.1, 0.15) is 0 Å². The summed E-state index contributed by atoms with van der Waals surface area (Å²) in [5.41, 5.74) is 4.07. The van der Waals surface area contributed by atoms with E-state index in [-0.39, 0.29) is 0 Å². The van der Waals surface area contributed by atoms with Crippen LogP contribution >= 0.6 is 15.9 Å². The van der Waals surface area contributed by atoms with Gasteiger partial charge in [0.15, 0.2) is 0 Å². The zero-order valence-corrected chi connectivity index (χ0v) is 9.00. The Hall–Kier alpha value is -1.34. The third-order valence-electron chi connectivity index (χ3n) is 2.16. The zero-order valence-electron chi connectivity index (χ0n) is 7.42. The van der Waals surface area contributed by atoms with E-state index in [1.54, 1.807) is 6.33 Å². The van der Waals surface area contributed by atoms with Crippen molar-refractivity contribution in [2.75, 3.05) is 0 Å². The number of hydrogen-bond donors (Lipinski definition) is 1. The summed E-state index contributed by atoms with van der Waals surface area (Å²) in [6.07, 6.45) is 2.08. The van der Waals surface area contributed by atoms with Gasteiger partial charge in [-0.25, -0.2) is 4.98 Å². The zero-order chi connectivity index (χ0) is 9.97. The molecule has 0 saturated heterocycles. The number of nitrogens with zero attached hydrogens (tertiary/aromatic N) is 2. The summed E-state index contributed by atoms with van der Waals surface area (Å²) in [7, 11) is 0. The predicted octanol–water partition coefficient (Wildman–Crippen LogP) is 2.52. The second kappa shape index (κ2) is 3.81. The summed E-state index contributed by atoms with van der Waals surface area (Å²) in [5.74, 6) is 0. The lowest BCUT2D eigenvalue weighted by Crippen LogP contribution is -1.88. The van der Waals surface area contributed by atoms with Crippen LogP contribution in [0, 0.1) is 11.3 Å². The fraction of sp³-hybridized carbons (Fsp3) is 0.200. The summed E-state index contributed by atoms with van der Waals surface area (Å²) >= 11 is 3.41. The van der Waals surface area contributed by atoms with Crippen LogP contribution in [0.3, 0.4) is 0 Å². The van der Waals surface area contributed by atoms with Crippen molar-refractivity contribution in [3.8, 4) is 6.07 Å². The maximum Gasteiger partial charge on any atom is 0.0932 e. The Morgan fingerprint density at radius 2 is 2.21 bits per heavy atom. The summed E-state index contributed by atoms with van der Waals surface area (Å²) in [4.78, 5) is 7.30. The monoisotopic (exact) mass is 249 g/mol. The average Bonchev–Trinajstić information content (AvgIpc) is 2.67. The number of fused-ring (bicyclic) bond motifs is 1. The molecule has 1 N–H and O–H groups in total. The maximum absolute atomic E-state index is 8.65. The number of benzene rings is 1. The van der Waals surface area contributed by atoms with Crippen molar-refractivity contribution in [3.63, 3.8) is 0 Å². The molecule has 1 aromatic heterocycles. The second-order valence-electron chi connectivity index (χ2n) is 2.98. The molecule has 0 fully saturated rings. The van der Waals surface area contributed by atoms with Crippen molar-refractivity contribution in [1.82, 2.24) is 9.97 Å². The quantitative estimate of drug-likeness (QED) is 0.832. The van der Waals surface area contributed by atoms with Crippen LogP contribution in [0.5, 0.6) is 0 Å². The van der Waals surface area contributed by atoms with E-state index in [1.807, 2.05) is 12.1 Å². The van der Waals surface area contributed by atoms with E-state index in [0.29, 0.717) is 6.42 Å². The van der Waals surface area contributed by atoms with Crippen molar-refractivity contribution in [2.45, 2.75) is 11.8 Å². The van der Waals surface area contributed by atoms with Gasteiger partial charge in [0, 0.05) is 5.33 Å². The van der Waals surface area contributed by atoms with Crippen molar-refractivity contribution >= 4 is 27.0 Å². The number of alkyl halides is 1. The third-order valence-corrected chi connectivity index (χ3v) is 2.77. The van der Waals surface area contributed by atoms with Crippen LogP contribution in [0.1, 0.15) is 11.1 Å². The first-order chi connectivity index (χ1) is 6.86. The van der Waals surface area contributed by atoms with Crippen molar-refractivity contribution in [2.24, 2.45) is 0 Å². The number of nitriles is 1. The van der Waals surface area contributed by atoms with Gasteiger partial charge in [-0.05, 0) is 11.1 Å². The highest BCUT2D eigenvalue weighted by Gasteiger charge is 2.06. The topological polar surface area (TPSA) is 52.5 Å². The summed E-state index contributed by atoms with van der Waals surface area (Å²) in [6, 6.07) is 6.12. The van der Waals surface area contributed by atoms with E-state index in [9.17, 15) is 0 Å². The Kier molecular flexibility index (Phi) is 2.51. The highest BCUT2D eigenvalue weighted by molar-refractivity contribution is 9.08. The molecule has 0 amide bonds. The summed E-state index contributed by atoms with van der Waals surface area (Å²) in [5, 5.41) is 9.43. The molecule has 0 aliphatic heterocycles. The average molecular weight is 250 g/mol. The largest absolute Gasteiger partial charge is 0.344 e. The first kappa shape index (κ1) is 9.22. The number of aromatic nitrogens is 2. The number of halogens is 1. The fourth-order valence-electron chi connectivity index (χ4n) is 1.49. The molecule has 0 unspecified atom stereocenters. The molecular weight excluding hydrogens is 242 g/mol. The molecule has 0 atom stereocenters. The van der Waals surface area contributed by atoms with Gasteiger partial charge < -0.3 is 4.98 Å². The number of aromatic amines is 1. The van der Waals surface area contributed by atoms with Gasteiger partial charge in [-0.15, -0.1) is 0 Å². The van der Waals surface area contributed by atoms with Crippen LogP contribution < -0.4 is 0 Å². The lowest BCUT2D eigenvalue weighted by Gasteiger charge is -2.01. The molecule has 14 heavy (non-hydrogen) atoms. The van der Waals surface area contributed by atoms with Crippen molar-refractivity contribution in [1.29, 1.82) is 5.26 Å². The molecule has 70 valence electrons. The molecule has 0 aliphatic rings. The molecule has 2 aromatic rings. The Morgan fingerprint density at radius 3 is 2.93 bits per heavy atom. The van der Waals surface area contributed by atoms with E-state index in [0.717, 1.165) is 27.5 Å². The van der Waals surface area contributed by atoms with E-state index in [2.05, 4.69) is 32.0 Å². The van der Waals surface area contributed by atoms with Crippen molar-refractivity contribution in [3.05, 3.63) is 29.6 Å². The number of nitrogens with one attached hydrogen (secondary N) is 1. The van der Waals surface area contributed by atoms with Gasteiger partial charge in [-0.3, -0.25) is 0 Å². The normalized spacial score (nSPS) is 10.3. The van der Waals surface area contributed by atoms with Gasteiger partial charge in [-0.1, -0.05) is 28.1 Å². The molecule has 0 radical (unpaired) electrons. The van der Waals surface area contributed by atoms with Crippen LogP contribution in [0.25, 0.3) is 11.0 Å². The van der Waals surface area contributed by atoms with Gasteiger partial charge in [-0.2, -0.15) is 5.26 Å². The highest BCUT2D eigenvalue weighted by atomic mass is 79.9. The maximum atomic E-state index is 8.65. The standard InChI is InChI=1S/C10H8BrN3/c11-5-8-2-1-7(3-4-12)9-10(8)14-6-13-9/h1-2,6H,3,5H2,(H,13,14). The molecule has 0 aliphatic carbocycles. The lowest BCUT2D eigenvalue weighted by molar-refractivity contribution is 1.26. The first-order valence-corrected chi connectivity index (χ1v) is 5.35. The van der Waals surface area contributed by atoms with Crippen LogP contribution in [-0.4, -0.2) is 9.97 Å². The molecule has 1 heterocycles. The smallest absolute Gasteiger partial charge is 0.0932 e.